The summed E-state index contributed by atoms with van der Waals surface area (Å²) in [5.74, 6) is 0. The molecule has 0 bridgehead atoms. The Balaban J connectivity index is 2.31. The molecule has 1 rings (SSSR count). The summed E-state index contributed by atoms with van der Waals surface area (Å²) in [6.45, 7) is 8.47. The molecule has 134 valence electrons. The molecule has 1 aromatic rings. The van der Waals surface area contributed by atoms with Gasteiger partial charge < -0.3 is 9.05 Å². The third-order valence-corrected chi connectivity index (χ3v) is 5.85. The van der Waals surface area contributed by atoms with Crippen LogP contribution in [-0.4, -0.2) is 23.9 Å². The number of nitrogens with zero attached hydrogens (tertiary/aromatic N) is 2. The number of rotatable bonds is 14. The maximum absolute atomic E-state index is 12.4. The number of aromatic nitrogens is 2. The molecule has 0 aliphatic rings. The average molecular weight is 345 g/mol. The lowest BCUT2D eigenvalue weighted by Gasteiger charge is -2.15. The summed E-state index contributed by atoms with van der Waals surface area (Å²) >= 11 is 0. The lowest BCUT2D eigenvalue weighted by atomic mass is 10.1. The Bertz CT molecular complexity index is 452. The topological polar surface area (TPSA) is 44.3 Å². The van der Waals surface area contributed by atoms with Gasteiger partial charge in [0.25, 0.3) is 0 Å². The van der Waals surface area contributed by atoms with Crippen LogP contribution >= 0.6 is 7.60 Å². The van der Waals surface area contributed by atoms with Crippen molar-refractivity contribution in [2.45, 2.75) is 72.4 Å². The van der Waals surface area contributed by atoms with Gasteiger partial charge in [-0.3, -0.25) is 4.57 Å². The van der Waals surface area contributed by atoms with Crippen LogP contribution in [0.5, 0.6) is 0 Å². The van der Waals surface area contributed by atoms with E-state index in [1.807, 2.05) is 20.0 Å². The Morgan fingerprint density at radius 1 is 1.00 bits per heavy atom. The maximum atomic E-state index is 12.4. The van der Waals surface area contributed by atoms with E-state index in [0.29, 0.717) is 25.9 Å². The van der Waals surface area contributed by atoms with Crippen LogP contribution in [0.2, 0.25) is 0 Å². The van der Waals surface area contributed by atoms with Gasteiger partial charge in [0.15, 0.2) is 0 Å². The largest absolute Gasteiger partial charge is 0.334 e. The van der Waals surface area contributed by atoms with Gasteiger partial charge in [0, 0.05) is 0 Å². The fourth-order valence-electron chi connectivity index (χ4n) is 2.58. The summed E-state index contributed by atoms with van der Waals surface area (Å²) in [5.41, 5.74) is 0. The number of hydrogen-bond acceptors (Lipinski definition) is 3. The third-order valence-electron chi connectivity index (χ3n) is 3.80. The van der Waals surface area contributed by atoms with Gasteiger partial charge in [-0.1, -0.05) is 32.6 Å². The van der Waals surface area contributed by atoms with E-state index in [9.17, 15) is 4.57 Å². The average Bonchev–Trinajstić information content (AvgIpc) is 2.97. The summed E-state index contributed by atoms with van der Waals surface area (Å²) in [7, 11) is -2.94. The van der Waals surface area contributed by atoms with Gasteiger partial charge in [-0.05, 0) is 26.7 Å². The van der Waals surface area contributed by atoms with E-state index in [2.05, 4.69) is 28.6 Å². The van der Waals surface area contributed by atoms with Crippen LogP contribution in [-0.2, 0) is 26.7 Å². The van der Waals surface area contributed by atoms with Gasteiger partial charge in [-0.25, -0.2) is 9.13 Å². The zero-order chi connectivity index (χ0) is 17.0. The van der Waals surface area contributed by atoms with Crippen molar-refractivity contribution < 1.29 is 18.2 Å². The molecular formula is C17H34N2O3P+. The molecule has 0 aliphatic carbocycles. The van der Waals surface area contributed by atoms with E-state index in [1.165, 1.54) is 38.5 Å². The molecule has 23 heavy (non-hydrogen) atoms. The number of imidazole rings is 1. The second kappa shape index (κ2) is 11.8. The molecule has 0 spiro atoms. The number of hydrogen-bond donors (Lipinski definition) is 0. The molecular weight excluding hydrogens is 311 g/mol. The fourth-order valence-corrected chi connectivity index (χ4v) is 4.17. The zero-order valence-corrected chi connectivity index (χ0v) is 16.0. The van der Waals surface area contributed by atoms with E-state index in [-0.39, 0.29) is 0 Å². The molecule has 1 heterocycles. The van der Waals surface area contributed by atoms with Crippen molar-refractivity contribution in [1.82, 2.24) is 4.57 Å². The minimum absolute atomic E-state index is 0.417. The molecule has 5 nitrogen and oxygen atoms in total. The fraction of sp³-hybridized carbons (Fsp3) is 0.824. The van der Waals surface area contributed by atoms with Crippen LogP contribution in [0, 0.1) is 0 Å². The monoisotopic (exact) mass is 345 g/mol. The van der Waals surface area contributed by atoms with Crippen molar-refractivity contribution in [3.05, 3.63) is 18.7 Å². The lowest BCUT2D eigenvalue weighted by molar-refractivity contribution is -0.696. The standard InChI is InChI=1S/C17H34N2O3P/c1-4-7-8-9-10-11-12-18-13-14-19(17-18)15-16-23(20,21-5-2)22-6-3/h13-14,17H,4-12,15-16H2,1-3H3/q+1. The zero-order valence-electron chi connectivity index (χ0n) is 15.1. The van der Waals surface area contributed by atoms with Crippen molar-refractivity contribution in [3.63, 3.8) is 0 Å². The normalized spacial score (nSPS) is 12.0. The Hall–Kier alpha value is -0.640. The van der Waals surface area contributed by atoms with Crippen molar-refractivity contribution in [3.8, 4) is 0 Å². The SMILES string of the molecule is CCCCCCCC[n+]1ccn(CCP(=O)(OCC)OCC)c1. The Morgan fingerprint density at radius 2 is 1.65 bits per heavy atom. The van der Waals surface area contributed by atoms with Crippen LogP contribution in [0.3, 0.4) is 0 Å². The second-order valence-corrected chi connectivity index (χ2v) is 8.01. The lowest BCUT2D eigenvalue weighted by Crippen LogP contribution is -2.31. The smallest absolute Gasteiger partial charge is 0.309 e. The van der Waals surface area contributed by atoms with E-state index < -0.39 is 7.60 Å². The first kappa shape index (κ1) is 20.4. The van der Waals surface area contributed by atoms with Crippen molar-refractivity contribution >= 4 is 7.60 Å². The first-order valence-corrected chi connectivity index (χ1v) is 10.8. The van der Waals surface area contributed by atoms with E-state index in [1.54, 1.807) is 0 Å². The van der Waals surface area contributed by atoms with E-state index >= 15 is 0 Å². The molecule has 1 aromatic heterocycles. The van der Waals surface area contributed by atoms with Gasteiger partial charge in [0.2, 0.25) is 6.33 Å². The maximum Gasteiger partial charge on any atom is 0.334 e. The van der Waals surface area contributed by atoms with Crippen molar-refractivity contribution in [1.29, 1.82) is 0 Å². The molecule has 6 heteroatoms. The highest BCUT2D eigenvalue weighted by molar-refractivity contribution is 7.53. The summed E-state index contributed by atoms with van der Waals surface area (Å²) in [6, 6.07) is 0. The highest BCUT2D eigenvalue weighted by Crippen LogP contribution is 2.47. The van der Waals surface area contributed by atoms with Crippen molar-refractivity contribution in [2.24, 2.45) is 0 Å². The summed E-state index contributed by atoms with van der Waals surface area (Å²) in [6.07, 6.45) is 14.4. The van der Waals surface area contributed by atoms with Crippen LogP contribution in [0.25, 0.3) is 0 Å². The molecule has 0 atom stereocenters. The van der Waals surface area contributed by atoms with Gasteiger partial charge in [0.05, 0.1) is 25.9 Å². The first-order chi connectivity index (χ1) is 11.1. The Kier molecular flexibility index (Phi) is 10.5. The van der Waals surface area contributed by atoms with E-state index in [0.717, 1.165) is 6.54 Å². The molecule has 0 aromatic carbocycles. The number of unbranched alkanes of at least 4 members (excludes halogenated alkanes) is 5. The summed E-state index contributed by atoms with van der Waals surface area (Å²) in [4.78, 5) is 0. The van der Waals surface area contributed by atoms with Crippen LogP contribution in [0.4, 0.5) is 0 Å². The molecule has 0 saturated heterocycles. The Morgan fingerprint density at radius 3 is 2.30 bits per heavy atom. The van der Waals surface area contributed by atoms with Gasteiger partial charge >= 0.3 is 7.60 Å². The molecule has 0 fully saturated rings. The predicted molar refractivity (Wildman–Crippen MR) is 93.7 cm³/mol. The van der Waals surface area contributed by atoms with Crippen LogP contribution in [0.1, 0.15) is 59.3 Å². The molecule has 0 N–H and O–H groups in total. The van der Waals surface area contributed by atoms with Crippen LogP contribution in [0.15, 0.2) is 18.7 Å². The highest BCUT2D eigenvalue weighted by atomic mass is 31.2. The molecule has 0 saturated carbocycles. The molecule has 0 radical (unpaired) electrons. The summed E-state index contributed by atoms with van der Waals surface area (Å²) < 4.78 is 27.3. The van der Waals surface area contributed by atoms with Crippen LogP contribution < -0.4 is 4.57 Å². The quantitative estimate of drug-likeness (QED) is 0.285. The van der Waals surface area contributed by atoms with Gasteiger partial charge in [-0.2, -0.15) is 0 Å². The summed E-state index contributed by atoms with van der Waals surface area (Å²) in [5, 5.41) is 0. The molecule has 0 aliphatic heterocycles. The predicted octanol–water partition coefficient (Wildman–Crippen LogP) is 4.40. The second-order valence-electron chi connectivity index (χ2n) is 5.83. The van der Waals surface area contributed by atoms with Gasteiger partial charge in [0.1, 0.15) is 18.9 Å². The molecule has 0 amide bonds. The Labute approximate surface area is 141 Å². The third kappa shape index (κ3) is 8.69. The van der Waals surface area contributed by atoms with Gasteiger partial charge in [-0.15, -0.1) is 0 Å². The van der Waals surface area contributed by atoms with E-state index in [4.69, 9.17) is 9.05 Å². The first-order valence-electron chi connectivity index (χ1n) is 9.06. The highest BCUT2D eigenvalue weighted by Gasteiger charge is 2.24. The minimum atomic E-state index is -2.94. The minimum Gasteiger partial charge on any atom is -0.309 e. The number of aryl methyl sites for hydroxylation is 2. The van der Waals surface area contributed by atoms with Crippen molar-refractivity contribution in [2.75, 3.05) is 19.4 Å². The molecule has 0 unspecified atom stereocenters.